The van der Waals surface area contributed by atoms with Crippen LogP contribution in [0.3, 0.4) is 0 Å². The molecule has 1 heterocycles. The molecule has 0 aliphatic heterocycles. The van der Waals surface area contributed by atoms with Crippen LogP contribution in [0.4, 0.5) is 11.5 Å². The second-order valence-electron chi connectivity index (χ2n) is 4.50. The van der Waals surface area contributed by atoms with Crippen molar-refractivity contribution in [1.29, 1.82) is 0 Å². The molecule has 0 fully saturated rings. The molecule has 0 saturated carbocycles. The molecule has 0 amide bonds. The molecule has 5 heteroatoms. The third-order valence-electron chi connectivity index (χ3n) is 3.11. The molecule has 1 aromatic heterocycles. The van der Waals surface area contributed by atoms with E-state index in [0.29, 0.717) is 10.8 Å². The van der Waals surface area contributed by atoms with Crippen molar-refractivity contribution in [2.75, 3.05) is 5.32 Å². The van der Waals surface area contributed by atoms with Crippen molar-refractivity contribution < 1.29 is 0 Å². The SMILES string of the molecule is CCc1cc(Br)ccc1Nc1nccc(C)c1C(N)=S. The molecule has 0 atom stereocenters. The number of hydrogen-bond donors (Lipinski definition) is 2. The fourth-order valence-corrected chi connectivity index (χ4v) is 2.73. The lowest BCUT2D eigenvalue weighted by atomic mass is 10.1. The molecule has 20 heavy (non-hydrogen) atoms. The molecule has 0 radical (unpaired) electrons. The Balaban J connectivity index is 2.45. The summed E-state index contributed by atoms with van der Waals surface area (Å²) in [6.07, 6.45) is 2.68. The van der Waals surface area contributed by atoms with E-state index in [1.54, 1.807) is 6.20 Å². The number of aryl methyl sites for hydroxylation is 2. The molecule has 0 unspecified atom stereocenters. The lowest BCUT2D eigenvalue weighted by Gasteiger charge is -2.15. The highest BCUT2D eigenvalue weighted by Crippen LogP contribution is 2.26. The molecule has 0 saturated heterocycles. The van der Waals surface area contributed by atoms with Gasteiger partial charge in [0.1, 0.15) is 10.8 Å². The number of nitrogens with zero attached hydrogens (tertiary/aromatic N) is 1. The van der Waals surface area contributed by atoms with Crippen molar-refractivity contribution in [2.45, 2.75) is 20.3 Å². The van der Waals surface area contributed by atoms with Crippen LogP contribution in [0.5, 0.6) is 0 Å². The van der Waals surface area contributed by atoms with Crippen LogP contribution in [0.2, 0.25) is 0 Å². The van der Waals surface area contributed by atoms with Gasteiger partial charge < -0.3 is 11.1 Å². The van der Waals surface area contributed by atoms with Gasteiger partial charge in [-0.05, 0) is 48.7 Å². The first-order valence-electron chi connectivity index (χ1n) is 6.33. The van der Waals surface area contributed by atoms with E-state index in [2.05, 4.69) is 39.2 Å². The molecule has 3 nitrogen and oxygen atoms in total. The maximum atomic E-state index is 5.81. The summed E-state index contributed by atoms with van der Waals surface area (Å²) < 4.78 is 1.06. The van der Waals surface area contributed by atoms with Crippen LogP contribution < -0.4 is 11.1 Å². The summed E-state index contributed by atoms with van der Waals surface area (Å²) in [5.41, 5.74) is 9.85. The van der Waals surface area contributed by atoms with Gasteiger partial charge in [-0.3, -0.25) is 0 Å². The first kappa shape index (κ1) is 14.9. The standard InChI is InChI=1S/C15H16BrN3S/c1-3-10-8-11(16)4-5-12(10)19-15-13(14(17)20)9(2)6-7-18-15/h4-8H,3H2,1-2H3,(H2,17,20)(H,18,19). The zero-order chi connectivity index (χ0) is 14.7. The van der Waals surface area contributed by atoms with Crippen molar-refractivity contribution in [2.24, 2.45) is 5.73 Å². The number of benzene rings is 1. The van der Waals surface area contributed by atoms with Gasteiger partial charge in [-0.2, -0.15) is 0 Å². The van der Waals surface area contributed by atoms with E-state index >= 15 is 0 Å². The molecule has 0 bridgehead atoms. The fraction of sp³-hybridized carbons (Fsp3) is 0.200. The highest BCUT2D eigenvalue weighted by molar-refractivity contribution is 9.10. The van der Waals surface area contributed by atoms with Crippen molar-refractivity contribution in [3.63, 3.8) is 0 Å². The lowest BCUT2D eigenvalue weighted by molar-refractivity contribution is 1.13. The van der Waals surface area contributed by atoms with Crippen LogP contribution >= 0.6 is 28.1 Å². The molecule has 1 aromatic carbocycles. The number of thiocarbonyl (C=S) groups is 1. The number of aromatic nitrogens is 1. The van der Waals surface area contributed by atoms with Crippen LogP contribution in [0.15, 0.2) is 34.9 Å². The predicted octanol–water partition coefficient (Wildman–Crippen LogP) is 4.09. The smallest absolute Gasteiger partial charge is 0.140 e. The minimum Gasteiger partial charge on any atom is -0.389 e. The third-order valence-corrected chi connectivity index (χ3v) is 3.80. The van der Waals surface area contributed by atoms with Gasteiger partial charge >= 0.3 is 0 Å². The van der Waals surface area contributed by atoms with Gasteiger partial charge in [0.05, 0.1) is 5.56 Å². The number of hydrogen-bond acceptors (Lipinski definition) is 3. The summed E-state index contributed by atoms with van der Waals surface area (Å²) in [6, 6.07) is 8.02. The zero-order valence-corrected chi connectivity index (χ0v) is 13.8. The molecule has 0 spiro atoms. The minimum atomic E-state index is 0.355. The van der Waals surface area contributed by atoms with Gasteiger partial charge in [-0.15, -0.1) is 0 Å². The van der Waals surface area contributed by atoms with Crippen molar-refractivity contribution in [3.05, 3.63) is 51.6 Å². The average Bonchev–Trinajstić information content (AvgIpc) is 2.40. The highest BCUT2D eigenvalue weighted by atomic mass is 79.9. The van der Waals surface area contributed by atoms with Gasteiger partial charge in [0.2, 0.25) is 0 Å². The molecule has 0 aliphatic carbocycles. The van der Waals surface area contributed by atoms with E-state index < -0.39 is 0 Å². The summed E-state index contributed by atoms with van der Waals surface area (Å²) in [7, 11) is 0. The van der Waals surface area contributed by atoms with E-state index in [0.717, 1.165) is 27.7 Å². The Morgan fingerprint density at radius 1 is 1.40 bits per heavy atom. The van der Waals surface area contributed by atoms with E-state index in [1.807, 2.05) is 25.1 Å². The normalized spacial score (nSPS) is 10.3. The predicted molar refractivity (Wildman–Crippen MR) is 91.7 cm³/mol. The van der Waals surface area contributed by atoms with Gasteiger partial charge in [0, 0.05) is 16.4 Å². The van der Waals surface area contributed by atoms with Crippen LogP contribution in [-0.4, -0.2) is 9.97 Å². The number of nitrogens with one attached hydrogen (secondary N) is 1. The first-order chi connectivity index (χ1) is 9.52. The van der Waals surface area contributed by atoms with Crippen LogP contribution in [0.1, 0.15) is 23.6 Å². The zero-order valence-electron chi connectivity index (χ0n) is 11.4. The molecule has 104 valence electrons. The van der Waals surface area contributed by atoms with Gasteiger partial charge in [-0.1, -0.05) is 35.1 Å². The maximum Gasteiger partial charge on any atom is 0.140 e. The Hall–Kier alpha value is -1.46. The van der Waals surface area contributed by atoms with Gasteiger partial charge in [0.15, 0.2) is 0 Å². The summed E-state index contributed by atoms with van der Waals surface area (Å²) in [4.78, 5) is 4.72. The fourth-order valence-electron chi connectivity index (χ4n) is 2.07. The van der Waals surface area contributed by atoms with E-state index in [-0.39, 0.29) is 0 Å². The van der Waals surface area contributed by atoms with Crippen molar-refractivity contribution in [3.8, 4) is 0 Å². The molecular formula is C15H16BrN3S. The Kier molecular flexibility index (Phi) is 4.73. The maximum absolute atomic E-state index is 5.81. The Labute approximate surface area is 132 Å². The van der Waals surface area contributed by atoms with Crippen LogP contribution in [0, 0.1) is 6.92 Å². The third kappa shape index (κ3) is 3.16. The van der Waals surface area contributed by atoms with Crippen LogP contribution in [0.25, 0.3) is 0 Å². The first-order valence-corrected chi connectivity index (χ1v) is 7.54. The molecule has 3 N–H and O–H groups in total. The molecular weight excluding hydrogens is 334 g/mol. The number of anilines is 2. The van der Waals surface area contributed by atoms with Crippen molar-refractivity contribution >= 4 is 44.6 Å². The van der Waals surface area contributed by atoms with E-state index in [4.69, 9.17) is 18.0 Å². The summed E-state index contributed by atoms with van der Waals surface area (Å²) >= 11 is 8.61. The number of nitrogens with two attached hydrogens (primary N) is 1. The number of halogens is 1. The Morgan fingerprint density at radius 2 is 2.15 bits per heavy atom. The quantitative estimate of drug-likeness (QED) is 0.816. The summed E-state index contributed by atoms with van der Waals surface area (Å²) in [5, 5.41) is 3.34. The minimum absolute atomic E-state index is 0.355. The van der Waals surface area contributed by atoms with E-state index in [1.165, 1.54) is 5.56 Å². The lowest BCUT2D eigenvalue weighted by Crippen LogP contribution is -2.15. The number of pyridine rings is 1. The van der Waals surface area contributed by atoms with Gasteiger partial charge in [-0.25, -0.2) is 4.98 Å². The van der Waals surface area contributed by atoms with Crippen LogP contribution in [-0.2, 0) is 6.42 Å². The Morgan fingerprint density at radius 3 is 2.80 bits per heavy atom. The second-order valence-corrected chi connectivity index (χ2v) is 5.85. The monoisotopic (exact) mass is 349 g/mol. The highest BCUT2D eigenvalue weighted by Gasteiger charge is 2.11. The van der Waals surface area contributed by atoms with E-state index in [9.17, 15) is 0 Å². The largest absolute Gasteiger partial charge is 0.389 e. The summed E-state index contributed by atoms with van der Waals surface area (Å²) in [6.45, 7) is 4.09. The summed E-state index contributed by atoms with van der Waals surface area (Å²) in [5.74, 6) is 0.703. The van der Waals surface area contributed by atoms with Gasteiger partial charge in [0.25, 0.3) is 0 Å². The second kappa shape index (κ2) is 6.33. The molecule has 2 aromatic rings. The molecule has 2 rings (SSSR count). The average molecular weight is 350 g/mol. The molecule has 0 aliphatic rings. The number of rotatable bonds is 4. The van der Waals surface area contributed by atoms with Crippen molar-refractivity contribution in [1.82, 2.24) is 4.98 Å². The Bertz CT molecular complexity index is 656. The topological polar surface area (TPSA) is 50.9 Å².